The van der Waals surface area contributed by atoms with E-state index in [2.05, 4.69) is 28.7 Å². The van der Waals surface area contributed by atoms with Gasteiger partial charge in [0.15, 0.2) is 0 Å². The van der Waals surface area contributed by atoms with E-state index < -0.39 is 27.3 Å². The highest BCUT2D eigenvalue weighted by Crippen LogP contribution is 2.48. The van der Waals surface area contributed by atoms with Crippen LogP contribution in [-0.4, -0.2) is 50.5 Å². The van der Waals surface area contributed by atoms with Crippen LogP contribution in [0, 0.1) is 29.6 Å². The van der Waals surface area contributed by atoms with Gasteiger partial charge in [-0.25, -0.2) is 13.1 Å². The highest BCUT2D eigenvalue weighted by atomic mass is 35.5. The number of allylic oxidation sites excluding steroid dienone is 1. The topological polar surface area (TPSA) is 95.9 Å². The summed E-state index contributed by atoms with van der Waals surface area (Å²) in [6.45, 7) is 6.10. The van der Waals surface area contributed by atoms with Gasteiger partial charge in [0.1, 0.15) is 5.75 Å². The van der Waals surface area contributed by atoms with Crippen molar-refractivity contribution >= 4 is 33.2 Å². The molecule has 2 aromatic rings. The molecule has 0 unspecified atom stereocenters. The van der Waals surface area contributed by atoms with Crippen molar-refractivity contribution in [3.63, 3.8) is 0 Å². The number of aryl methyl sites for hydroxylation is 1. The second-order valence-corrected chi connectivity index (χ2v) is 16.5. The van der Waals surface area contributed by atoms with Crippen LogP contribution in [0.25, 0.3) is 0 Å². The summed E-state index contributed by atoms with van der Waals surface area (Å²) in [5.74, 6) is 0.767. The molecule has 7 rings (SSSR count). The molecule has 1 spiro atoms. The van der Waals surface area contributed by atoms with Gasteiger partial charge in [0, 0.05) is 29.1 Å². The fraction of sp³-hybridized carbons (Fsp3) is 0.571. The van der Waals surface area contributed by atoms with Crippen LogP contribution in [0.1, 0.15) is 73.9 Å². The van der Waals surface area contributed by atoms with Crippen molar-refractivity contribution in [3.8, 4) is 5.75 Å². The summed E-state index contributed by atoms with van der Waals surface area (Å²) < 4.78 is 36.3. The zero-order valence-electron chi connectivity index (χ0n) is 25.5. The smallest absolute Gasteiger partial charge is 0.264 e. The van der Waals surface area contributed by atoms with E-state index in [0.29, 0.717) is 43.3 Å². The van der Waals surface area contributed by atoms with Gasteiger partial charge in [-0.15, -0.1) is 0 Å². The molecule has 2 N–H and O–H groups in total. The molecule has 2 heterocycles. The van der Waals surface area contributed by atoms with E-state index in [1.807, 2.05) is 31.2 Å². The third kappa shape index (κ3) is 5.45. The molecule has 44 heavy (non-hydrogen) atoms. The number of sulfonamides is 1. The van der Waals surface area contributed by atoms with E-state index in [9.17, 15) is 18.3 Å². The number of carbonyl (C=O) groups excluding carboxylic acids is 1. The molecule has 7 nitrogen and oxygen atoms in total. The summed E-state index contributed by atoms with van der Waals surface area (Å²) in [6.07, 6.45) is 9.38. The van der Waals surface area contributed by atoms with E-state index in [0.717, 1.165) is 49.2 Å². The van der Waals surface area contributed by atoms with Crippen molar-refractivity contribution in [2.24, 2.45) is 29.6 Å². The molecule has 5 aliphatic rings. The van der Waals surface area contributed by atoms with Crippen LogP contribution in [0.4, 0.5) is 5.69 Å². The number of nitrogens with one attached hydrogen (secondary N) is 1. The molecule has 236 valence electrons. The minimum Gasteiger partial charge on any atom is -0.490 e. The number of fused-ring (bicyclic) bond motifs is 4. The average molecular weight is 639 g/mol. The second kappa shape index (κ2) is 11.4. The Labute approximate surface area is 266 Å². The van der Waals surface area contributed by atoms with Gasteiger partial charge in [-0.2, -0.15) is 0 Å². The number of aliphatic hydroxyl groups is 1. The Balaban J connectivity index is 1.31. The fourth-order valence-electron chi connectivity index (χ4n) is 8.64. The molecule has 2 aromatic carbocycles. The lowest BCUT2D eigenvalue weighted by Crippen LogP contribution is -2.52. The Morgan fingerprint density at radius 3 is 2.68 bits per heavy atom. The van der Waals surface area contributed by atoms with Gasteiger partial charge in [0.2, 0.25) is 10.0 Å². The third-order valence-corrected chi connectivity index (χ3v) is 13.4. The first-order valence-electron chi connectivity index (χ1n) is 16.3. The predicted molar refractivity (Wildman–Crippen MR) is 173 cm³/mol. The summed E-state index contributed by atoms with van der Waals surface area (Å²) >= 11 is 6.41. The Bertz CT molecular complexity index is 1590. The SMILES string of the molecule is C[C@@H]1C[C@@H]2[C@@H]1CN1C[C@@]3(CCCc4cc(Cl)ccc43)COc3ccc(cc31)C(=O)NS(=O)(=O)[C@H](C1CC1)[C@@H](C)C/C=C/[C@@H]2O. The third-order valence-electron chi connectivity index (χ3n) is 11.2. The first-order valence-corrected chi connectivity index (χ1v) is 18.2. The number of hydrogen-bond donors (Lipinski definition) is 2. The van der Waals surface area contributed by atoms with Gasteiger partial charge < -0.3 is 14.7 Å². The number of nitrogens with zero attached hydrogens (tertiary/aromatic N) is 1. The van der Waals surface area contributed by atoms with E-state index in [-0.39, 0.29) is 29.1 Å². The van der Waals surface area contributed by atoms with Crippen LogP contribution in [0.3, 0.4) is 0 Å². The molecule has 0 radical (unpaired) electrons. The number of carbonyl (C=O) groups is 1. The largest absolute Gasteiger partial charge is 0.490 e. The van der Waals surface area contributed by atoms with Crippen molar-refractivity contribution in [1.82, 2.24) is 4.72 Å². The maximum absolute atomic E-state index is 13.6. The summed E-state index contributed by atoms with van der Waals surface area (Å²) in [4.78, 5) is 15.9. The maximum atomic E-state index is 13.6. The van der Waals surface area contributed by atoms with Crippen molar-refractivity contribution in [2.45, 2.75) is 75.6 Å². The van der Waals surface area contributed by atoms with Gasteiger partial charge in [0.05, 0.1) is 23.6 Å². The maximum Gasteiger partial charge on any atom is 0.264 e. The normalized spacial score (nSPS) is 35.7. The van der Waals surface area contributed by atoms with Gasteiger partial charge in [-0.3, -0.25) is 4.79 Å². The molecule has 2 saturated carbocycles. The van der Waals surface area contributed by atoms with Gasteiger partial charge in [0.25, 0.3) is 5.91 Å². The number of anilines is 1. The summed E-state index contributed by atoms with van der Waals surface area (Å²) in [5, 5.41) is 11.4. The molecule has 9 heteroatoms. The van der Waals surface area contributed by atoms with E-state index in [1.54, 1.807) is 12.1 Å². The number of hydrogen-bond acceptors (Lipinski definition) is 6. The lowest BCUT2D eigenvalue weighted by molar-refractivity contribution is -0.000381. The van der Waals surface area contributed by atoms with E-state index >= 15 is 0 Å². The molecule has 2 bridgehead atoms. The minimum absolute atomic E-state index is 0.0461. The molecular formula is C35H43ClN2O5S. The standard InChI is InChI=1S/C35H43ClN2O5S/c1-21-5-3-7-31(39)27-15-22(2)28(27)18-38-19-35(14-4-6-24-16-26(36)11-12-29(24)35)20-43-32-13-10-25(17-30(32)38)34(40)37-44(41,42)33(21)23-8-9-23/h3,7,10-13,16-17,21-23,27-28,31,33,39H,4-6,8-9,14-15,18-20H2,1-2H3,(H,37,40)/b7-3+/t21-,22+,27+,28+,31-,33-,35-/m0/s1. The van der Waals surface area contributed by atoms with E-state index in [1.165, 1.54) is 11.1 Å². The summed E-state index contributed by atoms with van der Waals surface area (Å²) in [5.41, 5.74) is 3.36. The van der Waals surface area contributed by atoms with Gasteiger partial charge in [-0.1, -0.05) is 43.7 Å². The molecule has 7 atom stereocenters. The minimum atomic E-state index is -3.92. The van der Waals surface area contributed by atoms with E-state index in [4.69, 9.17) is 16.3 Å². The Kier molecular flexibility index (Phi) is 7.78. The molecule has 0 aromatic heterocycles. The van der Waals surface area contributed by atoms with Crippen molar-refractivity contribution in [2.75, 3.05) is 24.6 Å². The van der Waals surface area contributed by atoms with Crippen molar-refractivity contribution in [1.29, 1.82) is 0 Å². The monoisotopic (exact) mass is 638 g/mol. The highest BCUT2D eigenvalue weighted by molar-refractivity contribution is 7.90. The lowest BCUT2D eigenvalue weighted by atomic mass is 9.62. The van der Waals surface area contributed by atoms with Crippen LogP contribution < -0.4 is 14.4 Å². The second-order valence-electron chi connectivity index (χ2n) is 14.2. The molecule has 2 fully saturated rings. The Hall–Kier alpha value is -2.55. The molecule has 3 aliphatic carbocycles. The van der Waals surface area contributed by atoms with Crippen molar-refractivity contribution in [3.05, 3.63) is 70.3 Å². The molecule has 0 saturated heterocycles. The fourth-order valence-corrected chi connectivity index (χ4v) is 10.8. The number of rotatable bonds is 1. The number of aliphatic hydroxyl groups excluding tert-OH is 1. The molecular weight excluding hydrogens is 596 g/mol. The number of amides is 1. The first-order chi connectivity index (χ1) is 21.0. The lowest BCUT2D eigenvalue weighted by Gasteiger charge is -2.49. The quantitative estimate of drug-likeness (QED) is 0.379. The zero-order chi connectivity index (χ0) is 30.8. The van der Waals surface area contributed by atoms with Crippen LogP contribution in [0.15, 0.2) is 48.6 Å². The van der Waals surface area contributed by atoms with Crippen LogP contribution in [0.5, 0.6) is 5.75 Å². The summed E-state index contributed by atoms with van der Waals surface area (Å²) in [7, 11) is -3.92. The van der Waals surface area contributed by atoms with Crippen LogP contribution >= 0.6 is 11.6 Å². The molecule has 2 aliphatic heterocycles. The highest BCUT2D eigenvalue weighted by Gasteiger charge is 2.47. The number of benzene rings is 2. The number of ether oxygens (including phenoxy) is 1. The van der Waals surface area contributed by atoms with Crippen LogP contribution in [0.2, 0.25) is 5.02 Å². The summed E-state index contributed by atoms with van der Waals surface area (Å²) in [6, 6.07) is 11.5. The zero-order valence-corrected chi connectivity index (χ0v) is 27.1. The van der Waals surface area contributed by atoms with Crippen LogP contribution in [-0.2, 0) is 21.9 Å². The molecule has 1 amide bonds. The van der Waals surface area contributed by atoms with Crippen molar-refractivity contribution < 1.29 is 23.1 Å². The van der Waals surface area contributed by atoms with Gasteiger partial charge >= 0.3 is 0 Å². The number of halogens is 1. The predicted octanol–water partition coefficient (Wildman–Crippen LogP) is 5.88. The average Bonchev–Trinajstić information content (AvgIpc) is 3.81. The first kappa shape index (κ1) is 30.1. The Morgan fingerprint density at radius 1 is 1.09 bits per heavy atom. The Morgan fingerprint density at radius 2 is 1.91 bits per heavy atom. The van der Waals surface area contributed by atoms with Gasteiger partial charge in [-0.05, 0) is 116 Å².